The third-order valence-corrected chi connectivity index (χ3v) is 3.41. The van der Waals surface area contributed by atoms with E-state index in [1.54, 1.807) is 12.1 Å². The highest BCUT2D eigenvalue weighted by molar-refractivity contribution is 14.1. The molecule has 0 radical (unpaired) electrons. The van der Waals surface area contributed by atoms with Gasteiger partial charge in [-0.15, -0.1) is 13.2 Å². The molecule has 0 spiro atoms. The Kier molecular flexibility index (Phi) is 4.46. The van der Waals surface area contributed by atoms with Gasteiger partial charge in [0.15, 0.2) is 0 Å². The zero-order chi connectivity index (χ0) is 12.3. The van der Waals surface area contributed by atoms with E-state index in [-0.39, 0.29) is 5.75 Å². The summed E-state index contributed by atoms with van der Waals surface area (Å²) in [5.41, 5.74) is 1.01. The number of benzene rings is 1. The average molecular weight is 344 g/mol. The van der Waals surface area contributed by atoms with E-state index in [9.17, 15) is 13.2 Å². The molecule has 5 heteroatoms. The smallest absolute Gasteiger partial charge is 0.406 e. The van der Waals surface area contributed by atoms with Gasteiger partial charge in [0.1, 0.15) is 5.75 Å². The molecule has 0 aliphatic carbocycles. The maximum atomic E-state index is 11.9. The maximum Gasteiger partial charge on any atom is 0.573 e. The van der Waals surface area contributed by atoms with Crippen LogP contribution in [-0.2, 0) is 0 Å². The summed E-state index contributed by atoms with van der Waals surface area (Å²) in [5, 5.41) is 0. The van der Waals surface area contributed by atoms with E-state index in [0.29, 0.717) is 9.84 Å². The molecule has 0 fully saturated rings. The molecule has 0 bridgehead atoms. The Morgan fingerprint density at radius 3 is 2.00 bits per heavy atom. The summed E-state index contributed by atoms with van der Waals surface area (Å²) in [6.45, 7) is 4.10. The fourth-order valence-corrected chi connectivity index (χ4v) is 1.65. The monoisotopic (exact) mass is 344 g/mol. The molecule has 16 heavy (non-hydrogen) atoms. The minimum Gasteiger partial charge on any atom is -0.406 e. The van der Waals surface area contributed by atoms with Crippen molar-refractivity contribution in [2.75, 3.05) is 0 Å². The molecule has 0 aliphatic heterocycles. The molecule has 1 aromatic rings. The van der Waals surface area contributed by atoms with Crippen LogP contribution in [-0.4, -0.2) is 10.3 Å². The highest BCUT2D eigenvalue weighted by Crippen LogP contribution is 2.28. The summed E-state index contributed by atoms with van der Waals surface area (Å²) < 4.78 is 39.9. The van der Waals surface area contributed by atoms with Crippen molar-refractivity contribution in [2.45, 2.75) is 30.1 Å². The van der Waals surface area contributed by atoms with Crippen LogP contribution in [0, 0.1) is 0 Å². The van der Waals surface area contributed by atoms with Crippen molar-refractivity contribution in [2.24, 2.45) is 0 Å². The van der Waals surface area contributed by atoms with Gasteiger partial charge in [-0.1, -0.05) is 48.6 Å². The van der Waals surface area contributed by atoms with Gasteiger partial charge >= 0.3 is 6.36 Å². The summed E-state index contributed by atoms with van der Waals surface area (Å²) >= 11 is 2.29. The Labute approximate surface area is 106 Å². The van der Waals surface area contributed by atoms with Crippen molar-refractivity contribution in [1.82, 2.24) is 0 Å². The molecule has 2 unspecified atom stereocenters. The van der Waals surface area contributed by atoms with E-state index in [0.717, 1.165) is 5.56 Å². The second kappa shape index (κ2) is 5.25. The van der Waals surface area contributed by atoms with Gasteiger partial charge in [-0.05, 0) is 23.6 Å². The summed E-state index contributed by atoms with van der Waals surface area (Å²) in [4.78, 5) is 0. The SMILES string of the molecule is CC(I)C(C)c1ccc(OC(F)(F)F)cc1. The maximum absolute atomic E-state index is 11.9. The van der Waals surface area contributed by atoms with Gasteiger partial charge in [0.05, 0.1) is 0 Å². The molecular formula is C11H12F3IO. The first kappa shape index (κ1) is 13.6. The fourth-order valence-electron chi connectivity index (χ4n) is 1.24. The third-order valence-electron chi connectivity index (χ3n) is 2.33. The van der Waals surface area contributed by atoms with Crippen molar-refractivity contribution in [3.05, 3.63) is 29.8 Å². The molecule has 0 N–H and O–H groups in total. The van der Waals surface area contributed by atoms with Crippen LogP contribution in [0.5, 0.6) is 5.75 Å². The normalized spacial score (nSPS) is 15.6. The summed E-state index contributed by atoms with van der Waals surface area (Å²) in [6.07, 6.45) is -4.62. The Hall–Kier alpha value is -0.460. The lowest BCUT2D eigenvalue weighted by atomic mass is 9.99. The molecule has 0 aliphatic rings. The van der Waals surface area contributed by atoms with E-state index in [2.05, 4.69) is 34.3 Å². The lowest BCUT2D eigenvalue weighted by Gasteiger charge is -2.15. The van der Waals surface area contributed by atoms with E-state index >= 15 is 0 Å². The molecule has 1 aromatic carbocycles. The van der Waals surface area contributed by atoms with Crippen LogP contribution in [0.25, 0.3) is 0 Å². The van der Waals surface area contributed by atoms with E-state index < -0.39 is 6.36 Å². The number of alkyl halides is 4. The molecule has 0 saturated carbocycles. The second-order valence-corrected chi connectivity index (χ2v) is 5.55. The van der Waals surface area contributed by atoms with Gasteiger partial charge in [0, 0.05) is 3.92 Å². The Balaban J connectivity index is 2.76. The van der Waals surface area contributed by atoms with Gasteiger partial charge in [-0.2, -0.15) is 0 Å². The Bertz CT molecular complexity index is 332. The summed E-state index contributed by atoms with van der Waals surface area (Å²) in [5.74, 6) is 0.130. The first-order valence-corrected chi connectivity index (χ1v) is 6.04. The Morgan fingerprint density at radius 1 is 1.12 bits per heavy atom. The highest BCUT2D eigenvalue weighted by atomic mass is 127. The van der Waals surface area contributed by atoms with Gasteiger partial charge < -0.3 is 4.74 Å². The predicted octanol–water partition coefficient (Wildman–Crippen LogP) is 4.51. The molecule has 1 nitrogen and oxygen atoms in total. The lowest BCUT2D eigenvalue weighted by Crippen LogP contribution is -2.17. The zero-order valence-electron chi connectivity index (χ0n) is 8.88. The van der Waals surface area contributed by atoms with Crippen LogP contribution < -0.4 is 4.74 Å². The zero-order valence-corrected chi connectivity index (χ0v) is 11.0. The summed E-state index contributed by atoms with van der Waals surface area (Å²) in [6, 6.07) is 6.03. The fraction of sp³-hybridized carbons (Fsp3) is 0.455. The van der Waals surface area contributed by atoms with Crippen molar-refractivity contribution < 1.29 is 17.9 Å². The molecule has 0 amide bonds. The van der Waals surface area contributed by atoms with Gasteiger partial charge in [0.2, 0.25) is 0 Å². The van der Waals surface area contributed by atoms with Crippen LogP contribution in [0.3, 0.4) is 0 Å². The van der Waals surface area contributed by atoms with Gasteiger partial charge in [0.25, 0.3) is 0 Å². The third kappa shape index (κ3) is 4.19. The van der Waals surface area contributed by atoms with E-state index in [4.69, 9.17) is 0 Å². The quantitative estimate of drug-likeness (QED) is 0.579. The molecular weight excluding hydrogens is 332 g/mol. The van der Waals surface area contributed by atoms with E-state index in [1.165, 1.54) is 12.1 Å². The standard InChI is InChI=1S/C11H12F3IO/c1-7(8(2)15)9-3-5-10(6-4-9)16-11(12,13)14/h3-8H,1-2H3. The van der Waals surface area contributed by atoms with Crippen LogP contribution in [0.1, 0.15) is 25.3 Å². The van der Waals surface area contributed by atoms with Crippen molar-refractivity contribution in [1.29, 1.82) is 0 Å². The van der Waals surface area contributed by atoms with Crippen LogP contribution in [0.4, 0.5) is 13.2 Å². The molecule has 0 saturated heterocycles. The molecule has 2 atom stereocenters. The Morgan fingerprint density at radius 2 is 1.62 bits per heavy atom. The molecule has 90 valence electrons. The second-order valence-electron chi connectivity index (χ2n) is 3.58. The highest BCUT2D eigenvalue weighted by Gasteiger charge is 2.31. The van der Waals surface area contributed by atoms with Crippen molar-refractivity contribution in [3.63, 3.8) is 0 Å². The van der Waals surface area contributed by atoms with Crippen molar-refractivity contribution >= 4 is 22.6 Å². The first-order valence-electron chi connectivity index (χ1n) is 4.79. The minimum atomic E-state index is -4.62. The topological polar surface area (TPSA) is 9.23 Å². The van der Waals surface area contributed by atoms with E-state index in [1.807, 2.05) is 6.92 Å². The number of hydrogen-bond donors (Lipinski definition) is 0. The molecule has 0 heterocycles. The first-order chi connectivity index (χ1) is 7.29. The largest absolute Gasteiger partial charge is 0.573 e. The van der Waals surface area contributed by atoms with Gasteiger partial charge in [-0.25, -0.2) is 0 Å². The van der Waals surface area contributed by atoms with Crippen LogP contribution in [0.2, 0.25) is 0 Å². The number of hydrogen-bond acceptors (Lipinski definition) is 1. The molecule has 1 rings (SSSR count). The van der Waals surface area contributed by atoms with Crippen LogP contribution in [0.15, 0.2) is 24.3 Å². The number of rotatable bonds is 3. The summed E-state index contributed by atoms with van der Waals surface area (Å²) in [7, 11) is 0. The number of halogens is 4. The predicted molar refractivity (Wildman–Crippen MR) is 65.0 cm³/mol. The average Bonchev–Trinajstić information content (AvgIpc) is 2.15. The lowest BCUT2D eigenvalue weighted by molar-refractivity contribution is -0.274. The minimum absolute atomic E-state index is 0.176. The number of ether oxygens (including phenoxy) is 1. The van der Waals surface area contributed by atoms with Crippen molar-refractivity contribution in [3.8, 4) is 5.75 Å². The van der Waals surface area contributed by atoms with Crippen LogP contribution >= 0.6 is 22.6 Å². The van der Waals surface area contributed by atoms with Gasteiger partial charge in [-0.3, -0.25) is 0 Å². The molecule has 0 aromatic heterocycles.